The number of primary amides is 1. The number of piperazine rings is 1. The summed E-state index contributed by atoms with van der Waals surface area (Å²) in [4.78, 5) is 25.8. The van der Waals surface area contributed by atoms with Gasteiger partial charge in [-0.1, -0.05) is 12.2 Å². The number of fused-ring (bicyclic) bond motifs is 3. The lowest BCUT2D eigenvalue weighted by Gasteiger charge is -2.34. The molecular formula is C25H28FN7OS. The summed E-state index contributed by atoms with van der Waals surface area (Å²) >= 11 is 1.54. The fourth-order valence-electron chi connectivity index (χ4n) is 5.60. The van der Waals surface area contributed by atoms with E-state index >= 15 is 0 Å². The van der Waals surface area contributed by atoms with Crippen LogP contribution in [0, 0.1) is 23.6 Å². The molecule has 2 bridgehead atoms. The number of carbonyl (C=O) groups is 1. The maximum absolute atomic E-state index is 15.0. The van der Waals surface area contributed by atoms with Gasteiger partial charge in [0.25, 0.3) is 0 Å². The second kappa shape index (κ2) is 8.76. The number of anilines is 4. The Morgan fingerprint density at radius 3 is 2.71 bits per heavy atom. The van der Waals surface area contributed by atoms with Crippen molar-refractivity contribution in [2.24, 2.45) is 23.5 Å². The minimum atomic E-state index is -0.287. The van der Waals surface area contributed by atoms with Crippen molar-refractivity contribution >= 4 is 50.6 Å². The molecule has 2 aromatic heterocycles. The second-order valence-electron chi connectivity index (χ2n) is 9.66. The van der Waals surface area contributed by atoms with Gasteiger partial charge in [0.15, 0.2) is 0 Å². The van der Waals surface area contributed by atoms with Gasteiger partial charge in [0.2, 0.25) is 11.9 Å². The smallest absolute Gasteiger partial charge is 0.229 e. The van der Waals surface area contributed by atoms with E-state index in [4.69, 9.17) is 10.7 Å². The molecule has 0 radical (unpaired) electrons. The van der Waals surface area contributed by atoms with Crippen molar-refractivity contribution in [2.75, 3.05) is 48.8 Å². The third kappa shape index (κ3) is 4.10. The molecule has 4 N–H and O–H groups in total. The van der Waals surface area contributed by atoms with E-state index < -0.39 is 0 Å². The Kier molecular flexibility index (Phi) is 5.57. The summed E-state index contributed by atoms with van der Waals surface area (Å²) < 4.78 is 15.9. The zero-order valence-electron chi connectivity index (χ0n) is 19.4. The lowest BCUT2D eigenvalue weighted by Crippen LogP contribution is -2.44. The maximum atomic E-state index is 15.0. The molecule has 1 aromatic carbocycles. The van der Waals surface area contributed by atoms with Gasteiger partial charge in [0.1, 0.15) is 11.6 Å². The Hall–Kier alpha value is -3.24. The van der Waals surface area contributed by atoms with E-state index in [1.807, 2.05) is 23.6 Å². The van der Waals surface area contributed by atoms with E-state index in [1.165, 1.54) is 6.07 Å². The Balaban J connectivity index is 1.25. The molecule has 10 heteroatoms. The molecule has 3 heterocycles. The molecule has 2 aliphatic carbocycles. The van der Waals surface area contributed by atoms with Crippen molar-refractivity contribution in [3.63, 3.8) is 0 Å². The molecule has 4 atom stereocenters. The number of hydrogen-bond donors (Lipinski definition) is 3. The van der Waals surface area contributed by atoms with Gasteiger partial charge in [-0.15, -0.1) is 11.3 Å². The van der Waals surface area contributed by atoms with Gasteiger partial charge in [0, 0.05) is 37.9 Å². The number of rotatable bonds is 6. The average Bonchev–Trinajstić information content (AvgIpc) is 3.56. The quantitative estimate of drug-likeness (QED) is 0.453. The number of thiophene rings is 1. The topological polar surface area (TPSA) is 99.4 Å². The summed E-state index contributed by atoms with van der Waals surface area (Å²) in [5.74, 6) is 0.643. The summed E-state index contributed by atoms with van der Waals surface area (Å²) in [5.41, 5.74) is 7.73. The van der Waals surface area contributed by atoms with Gasteiger partial charge in [-0.3, -0.25) is 4.79 Å². The van der Waals surface area contributed by atoms with Crippen molar-refractivity contribution in [1.29, 1.82) is 0 Å². The molecule has 1 amide bonds. The average molecular weight is 494 g/mol. The predicted octanol–water partition coefficient (Wildman–Crippen LogP) is 3.41. The fraction of sp³-hybridized carbons (Fsp3) is 0.400. The van der Waals surface area contributed by atoms with Crippen LogP contribution in [0.25, 0.3) is 10.2 Å². The van der Waals surface area contributed by atoms with E-state index in [0.717, 1.165) is 42.8 Å². The third-order valence-electron chi connectivity index (χ3n) is 7.44. The molecule has 4 unspecified atom stereocenters. The lowest BCUT2D eigenvalue weighted by atomic mass is 9.88. The highest BCUT2D eigenvalue weighted by molar-refractivity contribution is 7.17. The molecule has 8 nitrogen and oxygen atoms in total. The van der Waals surface area contributed by atoms with E-state index in [9.17, 15) is 9.18 Å². The molecule has 3 aliphatic rings. The number of carbonyl (C=O) groups excluding carboxylic acids is 1. The van der Waals surface area contributed by atoms with Crippen LogP contribution in [-0.4, -0.2) is 60.0 Å². The highest BCUT2D eigenvalue weighted by Gasteiger charge is 2.47. The zero-order valence-corrected chi connectivity index (χ0v) is 20.3. The number of likely N-dealkylation sites (N-methyl/N-ethyl adjacent to an activating group) is 1. The largest absolute Gasteiger partial charge is 0.369 e. The molecular weight excluding hydrogens is 465 g/mol. The molecule has 1 aliphatic heterocycles. The van der Waals surface area contributed by atoms with Gasteiger partial charge in [-0.2, -0.15) is 4.98 Å². The Morgan fingerprint density at radius 1 is 1.14 bits per heavy atom. The van der Waals surface area contributed by atoms with Crippen LogP contribution in [0.15, 0.2) is 41.8 Å². The van der Waals surface area contributed by atoms with E-state index in [-0.39, 0.29) is 35.5 Å². The zero-order chi connectivity index (χ0) is 24.1. The van der Waals surface area contributed by atoms with Crippen molar-refractivity contribution < 1.29 is 9.18 Å². The molecule has 35 heavy (non-hydrogen) atoms. The molecule has 1 saturated carbocycles. The predicted molar refractivity (Wildman–Crippen MR) is 138 cm³/mol. The molecule has 6 rings (SSSR count). The number of aromatic nitrogens is 2. The summed E-state index contributed by atoms with van der Waals surface area (Å²) in [5, 5.41) is 8.64. The van der Waals surface area contributed by atoms with Crippen LogP contribution in [0.3, 0.4) is 0 Å². The van der Waals surface area contributed by atoms with Crippen molar-refractivity contribution in [2.45, 2.75) is 12.5 Å². The number of hydrogen-bond acceptors (Lipinski definition) is 8. The standard InChI is InChI=1S/C25H28FN7OS/c1-32-7-9-33(10-8-32)19-5-4-16(13-17(19)26)28-25-29-18-6-11-35-22(18)24(31-25)30-21-15-3-2-14(12-15)20(21)23(27)34/h2-6,11,13-15,20-21H,7-10,12H2,1H3,(H2,27,34)(H2,28,29,30,31). The van der Waals surface area contributed by atoms with Crippen LogP contribution in [-0.2, 0) is 4.79 Å². The SMILES string of the molecule is CN1CCN(c2ccc(Nc3nc(NC4C5C=CC(C5)C4C(N)=O)c4sccc4n3)cc2F)CC1. The highest BCUT2D eigenvalue weighted by atomic mass is 32.1. The van der Waals surface area contributed by atoms with Crippen LogP contribution in [0.5, 0.6) is 0 Å². The molecule has 1 saturated heterocycles. The van der Waals surface area contributed by atoms with E-state index in [1.54, 1.807) is 11.3 Å². The number of allylic oxidation sites excluding steroid dienone is 1. The molecule has 0 spiro atoms. The number of amides is 1. The van der Waals surface area contributed by atoms with Gasteiger partial charge in [0.05, 0.1) is 21.8 Å². The molecule has 182 valence electrons. The minimum absolute atomic E-state index is 0.101. The van der Waals surface area contributed by atoms with E-state index in [0.29, 0.717) is 23.1 Å². The van der Waals surface area contributed by atoms with Gasteiger partial charge in [-0.25, -0.2) is 9.37 Å². The number of nitrogens with zero attached hydrogens (tertiary/aromatic N) is 4. The minimum Gasteiger partial charge on any atom is -0.369 e. The first-order valence-electron chi connectivity index (χ1n) is 12.0. The Bertz CT molecular complexity index is 1300. The first-order valence-corrected chi connectivity index (χ1v) is 12.8. The van der Waals surface area contributed by atoms with Gasteiger partial charge in [-0.05, 0) is 54.9 Å². The highest BCUT2D eigenvalue weighted by Crippen LogP contribution is 2.45. The maximum Gasteiger partial charge on any atom is 0.229 e. The third-order valence-corrected chi connectivity index (χ3v) is 8.35. The monoisotopic (exact) mass is 493 g/mol. The van der Waals surface area contributed by atoms with Crippen LogP contribution in [0.1, 0.15) is 6.42 Å². The lowest BCUT2D eigenvalue weighted by molar-refractivity contribution is -0.122. The number of nitrogens with two attached hydrogens (primary N) is 1. The molecule has 3 aromatic rings. The first kappa shape index (κ1) is 22.2. The van der Waals surface area contributed by atoms with Crippen LogP contribution < -0.4 is 21.3 Å². The van der Waals surface area contributed by atoms with Crippen LogP contribution >= 0.6 is 11.3 Å². The van der Waals surface area contributed by atoms with Crippen LogP contribution in [0.2, 0.25) is 0 Å². The van der Waals surface area contributed by atoms with Crippen LogP contribution in [0.4, 0.5) is 27.5 Å². The Morgan fingerprint density at radius 2 is 1.94 bits per heavy atom. The number of nitrogens with one attached hydrogen (secondary N) is 2. The Labute approximate surface area is 207 Å². The van der Waals surface area contributed by atoms with Gasteiger partial charge < -0.3 is 26.2 Å². The fourth-order valence-corrected chi connectivity index (χ4v) is 6.38. The summed E-state index contributed by atoms with van der Waals surface area (Å²) in [6, 6.07) is 6.99. The first-order chi connectivity index (χ1) is 17.0. The normalized spacial score (nSPS) is 25.9. The molecule has 2 fully saturated rings. The summed E-state index contributed by atoms with van der Waals surface area (Å²) in [6.07, 6.45) is 5.19. The van der Waals surface area contributed by atoms with Crippen molar-refractivity contribution in [3.8, 4) is 0 Å². The number of benzene rings is 1. The van der Waals surface area contributed by atoms with Crippen molar-refractivity contribution in [3.05, 3.63) is 47.6 Å². The number of halogens is 1. The summed E-state index contributed by atoms with van der Waals surface area (Å²) in [7, 11) is 2.08. The second-order valence-corrected chi connectivity index (χ2v) is 10.6. The van der Waals surface area contributed by atoms with Gasteiger partial charge >= 0.3 is 0 Å². The van der Waals surface area contributed by atoms with Crippen molar-refractivity contribution in [1.82, 2.24) is 14.9 Å². The summed E-state index contributed by atoms with van der Waals surface area (Å²) in [6.45, 7) is 3.44. The van der Waals surface area contributed by atoms with E-state index in [2.05, 4.69) is 44.6 Å².